The Morgan fingerprint density at radius 3 is 2.67 bits per heavy atom. The highest BCUT2D eigenvalue weighted by Crippen LogP contribution is 2.34. The highest BCUT2D eigenvalue weighted by Gasteiger charge is 2.14. The Kier molecular flexibility index (Phi) is 2.39. The standard InChI is InChI=1S/C14H16O/c1-9(2)12-5-6-14-13(8-12)10(3)7-11(4)15-14/h5-9H,4H2,1-3H3. The van der Waals surface area contributed by atoms with Crippen LogP contribution in [0.3, 0.4) is 0 Å². The van der Waals surface area contributed by atoms with Crippen molar-refractivity contribution in [1.29, 1.82) is 0 Å². The molecule has 1 nitrogen and oxygen atoms in total. The largest absolute Gasteiger partial charge is 0.457 e. The Hall–Kier alpha value is -1.50. The molecule has 0 saturated carbocycles. The van der Waals surface area contributed by atoms with Crippen molar-refractivity contribution >= 4 is 5.57 Å². The van der Waals surface area contributed by atoms with Gasteiger partial charge in [0, 0.05) is 5.56 Å². The predicted octanol–water partition coefficient (Wildman–Crippen LogP) is 4.12. The molecule has 1 heterocycles. The summed E-state index contributed by atoms with van der Waals surface area (Å²) in [5, 5.41) is 0. The molecule has 0 fully saturated rings. The van der Waals surface area contributed by atoms with Crippen LogP contribution < -0.4 is 4.74 Å². The van der Waals surface area contributed by atoms with Crippen molar-refractivity contribution in [3.63, 3.8) is 0 Å². The van der Waals surface area contributed by atoms with Gasteiger partial charge in [0.1, 0.15) is 11.5 Å². The molecule has 0 aliphatic carbocycles. The summed E-state index contributed by atoms with van der Waals surface area (Å²) in [6.45, 7) is 10.3. The van der Waals surface area contributed by atoms with E-state index in [9.17, 15) is 0 Å². The van der Waals surface area contributed by atoms with E-state index in [0.717, 1.165) is 11.5 Å². The summed E-state index contributed by atoms with van der Waals surface area (Å²) in [5.74, 6) is 2.19. The second-order valence-electron chi connectivity index (χ2n) is 4.31. The van der Waals surface area contributed by atoms with Crippen molar-refractivity contribution in [2.24, 2.45) is 0 Å². The van der Waals surface area contributed by atoms with Gasteiger partial charge in [-0.1, -0.05) is 26.5 Å². The zero-order valence-corrected chi connectivity index (χ0v) is 9.50. The number of rotatable bonds is 1. The van der Waals surface area contributed by atoms with E-state index in [2.05, 4.69) is 39.5 Å². The molecule has 0 unspecified atom stereocenters. The molecule has 0 aromatic heterocycles. The van der Waals surface area contributed by atoms with Crippen LogP contribution in [0.4, 0.5) is 0 Å². The number of ether oxygens (including phenoxy) is 1. The third-order valence-corrected chi connectivity index (χ3v) is 2.71. The van der Waals surface area contributed by atoms with Gasteiger partial charge in [-0.25, -0.2) is 0 Å². The zero-order chi connectivity index (χ0) is 11.0. The summed E-state index contributed by atoms with van der Waals surface area (Å²) >= 11 is 0. The Morgan fingerprint density at radius 2 is 2.00 bits per heavy atom. The topological polar surface area (TPSA) is 9.23 Å². The van der Waals surface area contributed by atoms with Crippen LogP contribution in [0.2, 0.25) is 0 Å². The first-order valence-corrected chi connectivity index (χ1v) is 5.27. The van der Waals surface area contributed by atoms with Gasteiger partial charge in [0.25, 0.3) is 0 Å². The maximum absolute atomic E-state index is 5.57. The molecule has 1 aromatic carbocycles. The Balaban J connectivity index is 2.52. The normalized spacial score (nSPS) is 14.7. The molecule has 1 heteroatoms. The van der Waals surface area contributed by atoms with Crippen LogP contribution in [-0.4, -0.2) is 0 Å². The molecule has 0 amide bonds. The number of benzene rings is 1. The smallest absolute Gasteiger partial charge is 0.134 e. The predicted molar refractivity (Wildman–Crippen MR) is 64.0 cm³/mol. The molecule has 1 aliphatic heterocycles. The molecule has 0 radical (unpaired) electrons. The fourth-order valence-corrected chi connectivity index (χ4v) is 1.79. The number of fused-ring (bicyclic) bond motifs is 1. The molecule has 78 valence electrons. The molecule has 0 saturated heterocycles. The Bertz CT molecular complexity index is 439. The molecular weight excluding hydrogens is 184 g/mol. The SMILES string of the molecule is C=C1C=C(C)c2cc(C(C)C)ccc2O1. The van der Waals surface area contributed by atoms with E-state index < -0.39 is 0 Å². The lowest BCUT2D eigenvalue weighted by molar-refractivity contribution is 0.441. The highest BCUT2D eigenvalue weighted by atomic mass is 16.5. The molecular formula is C14H16O. The molecule has 0 atom stereocenters. The van der Waals surface area contributed by atoms with Crippen molar-refractivity contribution < 1.29 is 4.74 Å². The summed E-state index contributed by atoms with van der Waals surface area (Å²) in [7, 11) is 0. The minimum absolute atomic E-state index is 0.549. The second-order valence-corrected chi connectivity index (χ2v) is 4.31. The molecule has 0 spiro atoms. The van der Waals surface area contributed by atoms with Crippen molar-refractivity contribution in [3.05, 3.63) is 47.7 Å². The summed E-state index contributed by atoms with van der Waals surface area (Å²) in [6.07, 6.45) is 1.98. The lowest BCUT2D eigenvalue weighted by Crippen LogP contribution is -2.02. The van der Waals surface area contributed by atoms with Gasteiger partial charge in [-0.15, -0.1) is 0 Å². The first-order valence-electron chi connectivity index (χ1n) is 5.27. The fraction of sp³-hybridized carbons (Fsp3) is 0.286. The minimum atomic E-state index is 0.549. The van der Waals surface area contributed by atoms with Crippen molar-refractivity contribution in [2.75, 3.05) is 0 Å². The average Bonchev–Trinajstić information content (AvgIpc) is 2.16. The van der Waals surface area contributed by atoms with Crippen LogP contribution >= 0.6 is 0 Å². The first kappa shape index (κ1) is 10.0. The molecule has 1 aliphatic rings. The second kappa shape index (κ2) is 3.58. The van der Waals surface area contributed by atoms with Crippen molar-refractivity contribution in [1.82, 2.24) is 0 Å². The van der Waals surface area contributed by atoms with Crippen LogP contribution in [0, 0.1) is 0 Å². The first-order chi connectivity index (χ1) is 7.08. The highest BCUT2D eigenvalue weighted by molar-refractivity contribution is 5.73. The van der Waals surface area contributed by atoms with Gasteiger partial charge in [0.2, 0.25) is 0 Å². The lowest BCUT2D eigenvalue weighted by Gasteiger charge is -2.19. The molecule has 0 bridgehead atoms. The van der Waals surface area contributed by atoms with Crippen LogP contribution in [-0.2, 0) is 0 Å². The fourth-order valence-electron chi connectivity index (χ4n) is 1.79. The monoisotopic (exact) mass is 200 g/mol. The summed E-state index contributed by atoms with van der Waals surface area (Å²) in [6, 6.07) is 6.36. The van der Waals surface area contributed by atoms with Gasteiger partial charge in [-0.3, -0.25) is 0 Å². The van der Waals surface area contributed by atoms with Crippen molar-refractivity contribution in [3.8, 4) is 5.75 Å². The van der Waals surface area contributed by atoms with E-state index in [4.69, 9.17) is 4.74 Å². The van der Waals surface area contributed by atoms with E-state index in [1.165, 1.54) is 16.7 Å². The van der Waals surface area contributed by atoms with Crippen LogP contribution in [0.5, 0.6) is 5.75 Å². The maximum atomic E-state index is 5.57. The van der Waals surface area contributed by atoms with Gasteiger partial charge in [0.15, 0.2) is 0 Å². The quantitative estimate of drug-likeness (QED) is 0.662. The number of hydrogen-bond donors (Lipinski definition) is 0. The van der Waals surface area contributed by atoms with E-state index in [0.29, 0.717) is 5.92 Å². The van der Waals surface area contributed by atoms with Gasteiger partial charge in [-0.2, -0.15) is 0 Å². The van der Waals surface area contributed by atoms with Crippen LogP contribution in [0.15, 0.2) is 36.6 Å². The molecule has 1 aromatic rings. The lowest BCUT2D eigenvalue weighted by atomic mass is 9.96. The molecule has 2 rings (SSSR count). The van der Waals surface area contributed by atoms with E-state index in [-0.39, 0.29) is 0 Å². The summed E-state index contributed by atoms with van der Waals surface area (Å²) < 4.78 is 5.57. The average molecular weight is 200 g/mol. The number of allylic oxidation sites excluding steroid dienone is 2. The zero-order valence-electron chi connectivity index (χ0n) is 9.50. The summed E-state index contributed by atoms with van der Waals surface area (Å²) in [4.78, 5) is 0. The van der Waals surface area contributed by atoms with E-state index in [1.54, 1.807) is 0 Å². The van der Waals surface area contributed by atoms with Crippen LogP contribution in [0.25, 0.3) is 5.57 Å². The number of hydrogen-bond acceptors (Lipinski definition) is 1. The third kappa shape index (κ3) is 1.82. The van der Waals surface area contributed by atoms with Crippen molar-refractivity contribution in [2.45, 2.75) is 26.7 Å². The molecule has 15 heavy (non-hydrogen) atoms. The van der Waals surface area contributed by atoms with Gasteiger partial charge in [-0.05, 0) is 42.2 Å². The van der Waals surface area contributed by atoms with E-state index >= 15 is 0 Å². The van der Waals surface area contributed by atoms with Gasteiger partial charge in [0.05, 0.1) is 0 Å². The van der Waals surface area contributed by atoms with Gasteiger partial charge < -0.3 is 4.74 Å². The van der Waals surface area contributed by atoms with Crippen LogP contribution in [0.1, 0.15) is 37.8 Å². The minimum Gasteiger partial charge on any atom is -0.457 e. The van der Waals surface area contributed by atoms with Gasteiger partial charge >= 0.3 is 0 Å². The van der Waals surface area contributed by atoms with E-state index in [1.807, 2.05) is 12.1 Å². The Labute approximate surface area is 91.1 Å². The Morgan fingerprint density at radius 1 is 1.27 bits per heavy atom. The maximum Gasteiger partial charge on any atom is 0.134 e. The molecule has 0 N–H and O–H groups in total. The summed E-state index contributed by atoms with van der Waals surface area (Å²) in [5.41, 5.74) is 3.76. The third-order valence-electron chi connectivity index (χ3n) is 2.71.